The first kappa shape index (κ1) is 14.3. The number of rotatable bonds is 3. The largest absolute Gasteiger partial charge is 0.444 e. The lowest BCUT2D eigenvalue weighted by Crippen LogP contribution is -2.45. The molecule has 1 atom stereocenters. The molecule has 0 fully saturated rings. The van der Waals surface area contributed by atoms with Gasteiger partial charge in [0, 0.05) is 11.3 Å². The van der Waals surface area contributed by atoms with Crippen molar-refractivity contribution in [1.82, 2.24) is 4.98 Å². The Morgan fingerprint density at radius 2 is 2.15 bits per heavy atom. The van der Waals surface area contributed by atoms with E-state index in [4.69, 9.17) is 10.2 Å². The molecule has 0 saturated carbocycles. The average molecular weight is 273 g/mol. The van der Waals surface area contributed by atoms with E-state index in [9.17, 15) is 4.79 Å². The maximum atomic E-state index is 12.1. The third kappa shape index (κ3) is 3.24. The van der Waals surface area contributed by atoms with Crippen molar-refractivity contribution in [3.63, 3.8) is 0 Å². The summed E-state index contributed by atoms with van der Waals surface area (Å²) in [6, 6.07) is 6.80. The molecule has 1 aromatic carbocycles. The molecule has 0 aliphatic rings. The molecule has 0 aliphatic heterocycles. The van der Waals surface area contributed by atoms with E-state index < -0.39 is 6.04 Å². The molecule has 20 heavy (non-hydrogen) atoms. The Morgan fingerprint density at radius 1 is 1.40 bits per heavy atom. The van der Waals surface area contributed by atoms with Crippen LogP contribution in [0.2, 0.25) is 0 Å². The average Bonchev–Trinajstić information content (AvgIpc) is 2.91. The van der Waals surface area contributed by atoms with E-state index >= 15 is 0 Å². The Balaban J connectivity index is 2.15. The van der Waals surface area contributed by atoms with Gasteiger partial charge in [-0.3, -0.25) is 4.79 Å². The molecule has 5 nitrogen and oxygen atoms in total. The zero-order chi connectivity index (χ0) is 14.8. The van der Waals surface area contributed by atoms with Gasteiger partial charge < -0.3 is 15.5 Å². The number of anilines is 1. The van der Waals surface area contributed by atoms with Crippen LogP contribution in [0.5, 0.6) is 0 Å². The second-order valence-corrected chi connectivity index (χ2v) is 5.78. The SMILES string of the molecule is CC(C)(C)[C@@H](N)C(=O)Nc1cccc(-c2cnco2)c1. The molecule has 1 amide bonds. The van der Waals surface area contributed by atoms with Crippen LogP contribution in [-0.4, -0.2) is 16.9 Å². The summed E-state index contributed by atoms with van der Waals surface area (Å²) < 4.78 is 5.23. The number of carbonyl (C=O) groups excluding carboxylic acids is 1. The maximum Gasteiger partial charge on any atom is 0.241 e. The Labute approximate surface area is 118 Å². The van der Waals surface area contributed by atoms with E-state index in [2.05, 4.69) is 10.3 Å². The summed E-state index contributed by atoms with van der Waals surface area (Å²) >= 11 is 0. The van der Waals surface area contributed by atoms with Crippen LogP contribution in [-0.2, 0) is 4.79 Å². The van der Waals surface area contributed by atoms with Crippen LogP contribution >= 0.6 is 0 Å². The zero-order valence-corrected chi connectivity index (χ0v) is 11.9. The molecule has 0 unspecified atom stereocenters. The minimum atomic E-state index is -0.573. The van der Waals surface area contributed by atoms with Crippen molar-refractivity contribution in [2.75, 3.05) is 5.32 Å². The predicted molar refractivity (Wildman–Crippen MR) is 78.0 cm³/mol. The molecule has 0 spiro atoms. The summed E-state index contributed by atoms with van der Waals surface area (Å²) in [6.07, 6.45) is 3.00. The highest BCUT2D eigenvalue weighted by Crippen LogP contribution is 2.23. The monoisotopic (exact) mass is 273 g/mol. The highest BCUT2D eigenvalue weighted by Gasteiger charge is 2.27. The number of nitrogens with one attached hydrogen (secondary N) is 1. The summed E-state index contributed by atoms with van der Waals surface area (Å²) in [4.78, 5) is 16.0. The van der Waals surface area contributed by atoms with Gasteiger partial charge in [-0.25, -0.2) is 4.98 Å². The van der Waals surface area contributed by atoms with Crippen molar-refractivity contribution < 1.29 is 9.21 Å². The molecule has 0 radical (unpaired) electrons. The first-order chi connectivity index (χ1) is 9.38. The van der Waals surface area contributed by atoms with Gasteiger partial charge in [-0.1, -0.05) is 32.9 Å². The molecular weight excluding hydrogens is 254 g/mol. The van der Waals surface area contributed by atoms with Gasteiger partial charge >= 0.3 is 0 Å². The topological polar surface area (TPSA) is 81.2 Å². The Hall–Kier alpha value is -2.14. The normalized spacial score (nSPS) is 13.0. The minimum absolute atomic E-state index is 0.202. The lowest BCUT2D eigenvalue weighted by Gasteiger charge is -2.25. The van der Waals surface area contributed by atoms with E-state index in [1.165, 1.54) is 6.39 Å². The summed E-state index contributed by atoms with van der Waals surface area (Å²) in [5.74, 6) is 0.452. The summed E-state index contributed by atoms with van der Waals surface area (Å²) in [5.41, 5.74) is 7.18. The third-order valence-electron chi connectivity index (χ3n) is 3.06. The van der Waals surface area contributed by atoms with E-state index in [-0.39, 0.29) is 11.3 Å². The van der Waals surface area contributed by atoms with Crippen LogP contribution < -0.4 is 11.1 Å². The van der Waals surface area contributed by atoms with Crippen LogP contribution in [0.25, 0.3) is 11.3 Å². The number of hydrogen-bond acceptors (Lipinski definition) is 4. The van der Waals surface area contributed by atoms with Gasteiger partial charge in [0.25, 0.3) is 0 Å². The lowest BCUT2D eigenvalue weighted by molar-refractivity contribution is -0.119. The number of amides is 1. The third-order valence-corrected chi connectivity index (χ3v) is 3.06. The minimum Gasteiger partial charge on any atom is -0.444 e. The molecule has 0 aliphatic carbocycles. The quantitative estimate of drug-likeness (QED) is 0.900. The van der Waals surface area contributed by atoms with Crippen molar-refractivity contribution in [3.05, 3.63) is 36.9 Å². The van der Waals surface area contributed by atoms with E-state index in [1.807, 2.05) is 45.0 Å². The number of carbonyl (C=O) groups is 1. The molecule has 5 heteroatoms. The Bertz CT molecular complexity index is 585. The van der Waals surface area contributed by atoms with Crippen molar-refractivity contribution in [2.24, 2.45) is 11.1 Å². The van der Waals surface area contributed by atoms with Gasteiger partial charge in [0.1, 0.15) is 0 Å². The fourth-order valence-electron chi connectivity index (χ4n) is 1.72. The second kappa shape index (κ2) is 5.46. The summed E-state index contributed by atoms with van der Waals surface area (Å²) in [6.45, 7) is 5.80. The Kier molecular flexibility index (Phi) is 3.90. The highest BCUT2D eigenvalue weighted by atomic mass is 16.3. The zero-order valence-electron chi connectivity index (χ0n) is 11.9. The smallest absolute Gasteiger partial charge is 0.241 e. The highest BCUT2D eigenvalue weighted by molar-refractivity contribution is 5.95. The molecule has 3 N–H and O–H groups in total. The van der Waals surface area contributed by atoms with E-state index in [0.29, 0.717) is 11.4 Å². The molecule has 2 rings (SSSR count). The summed E-state index contributed by atoms with van der Waals surface area (Å²) in [5, 5.41) is 2.82. The van der Waals surface area contributed by atoms with Gasteiger partial charge in [-0.2, -0.15) is 0 Å². The van der Waals surface area contributed by atoms with Crippen LogP contribution in [0, 0.1) is 5.41 Å². The molecule has 0 saturated heterocycles. The fourth-order valence-corrected chi connectivity index (χ4v) is 1.72. The molecule has 106 valence electrons. The van der Waals surface area contributed by atoms with Crippen molar-refractivity contribution in [3.8, 4) is 11.3 Å². The van der Waals surface area contributed by atoms with Crippen molar-refractivity contribution >= 4 is 11.6 Å². The molecule has 2 aromatic rings. The van der Waals surface area contributed by atoms with Gasteiger partial charge in [0.2, 0.25) is 5.91 Å². The number of nitrogens with zero attached hydrogens (tertiary/aromatic N) is 1. The first-order valence-electron chi connectivity index (χ1n) is 6.43. The van der Waals surface area contributed by atoms with Crippen molar-refractivity contribution in [2.45, 2.75) is 26.8 Å². The van der Waals surface area contributed by atoms with E-state index in [1.54, 1.807) is 6.20 Å². The first-order valence-corrected chi connectivity index (χ1v) is 6.43. The number of benzene rings is 1. The predicted octanol–water partition coefficient (Wildman–Crippen LogP) is 2.65. The second-order valence-electron chi connectivity index (χ2n) is 5.78. The molecule has 1 heterocycles. The van der Waals surface area contributed by atoms with Gasteiger partial charge in [-0.15, -0.1) is 0 Å². The lowest BCUT2D eigenvalue weighted by atomic mass is 9.87. The van der Waals surface area contributed by atoms with Gasteiger partial charge in [0.05, 0.1) is 12.2 Å². The maximum absolute atomic E-state index is 12.1. The van der Waals surface area contributed by atoms with Crippen LogP contribution in [0.15, 0.2) is 41.3 Å². The van der Waals surface area contributed by atoms with Crippen LogP contribution in [0.1, 0.15) is 20.8 Å². The standard InChI is InChI=1S/C15H19N3O2/c1-15(2,3)13(16)14(19)18-11-6-4-5-10(7-11)12-8-17-9-20-12/h4-9,13H,16H2,1-3H3,(H,18,19)/t13-/m0/s1. The van der Waals surface area contributed by atoms with Crippen molar-refractivity contribution in [1.29, 1.82) is 0 Å². The number of aromatic nitrogens is 1. The molecule has 0 bridgehead atoms. The number of hydrogen-bond donors (Lipinski definition) is 2. The number of nitrogens with two attached hydrogens (primary N) is 1. The molecular formula is C15H19N3O2. The number of oxazole rings is 1. The Morgan fingerprint density at radius 3 is 2.75 bits per heavy atom. The fraction of sp³-hybridized carbons (Fsp3) is 0.333. The van der Waals surface area contributed by atoms with Crippen LogP contribution in [0.4, 0.5) is 5.69 Å². The van der Waals surface area contributed by atoms with E-state index in [0.717, 1.165) is 5.56 Å². The van der Waals surface area contributed by atoms with Gasteiger partial charge in [-0.05, 0) is 17.5 Å². The van der Waals surface area contributed by atoms with Crippen LogP contribution in [0.3, 0.4) is 0 Å². The van der Waals surface area contributed by atoms with Gasteiger partial charge in [0.15, 0.2) is 12.2 Å². The summed E-state index contributed by atoms with van der Waals surface area (Å²) in [7, 11) is 0. The molecule has 1 aromatic heterocycles.